The van der Waals surface area contributed by atoms with Crippen molar-refractivity contribution in [2.75, 3.05) is 13.6 Å². The Balaban J connectivity index is 1.43. The minimum Gasteiger partial charge on any atom is -0.341 e. The molecule has 0 amide bonds. The summed E-state index contributed by atoms with van der Waals surface area (Å²) in [4.78, 5) is 15.8. The van der Waals surface area contributed by atoms with Gasteiger partial charge in [-0.05, 0) is 74.2 Å². The Morgan fingerprint density at radius 2 is 1.84 bits per heavy atom. The van der Waals surface area contributed by atoms with E-state index in [2.05, 4.69) is 69.8 Å². The number of imidazole rings is 1. The van der Waals surface area contributed by atoms with Crippen molar-refractivity contribution in [3.05, 3.63) is 95.1 Å². The Kier molecular flexibility index (Phi) is 6.28. The number of likely N-dealkylation sites (N-methyl/N-ethyl adjacent to an activating group) is 1. The van der Waals surface area contributed by atoms with E-state index < -0.39 is 0 Å². The molecule has 0 bridgehead atoms. The van der Waals surface area contributed by atoms with Gasteiger partial charge < -0.3 is 10.3 Å². The normalized spacial score (nSPS) is 15.9. The van der Waals surface area contributed by atoms with E-state index in [-0.39, 0.29) is 0 Å². The van der Waals surface area contributed by atoms with Crippen molar-refractivity contribution in [2.24, 2.45) is 0 Å². The molecule has 1 aliphatic carbocycles. The zero-order chi connectivity index (χ0) is 21.8. The number of nitrogens with zero attached hydrogens (tertiary/aromatic N) is 3. The third-order valence-corrected chi connectivity index (χ3v) is 6.47. The number of H-pyrrole nitrogens is 1. The van der Waals surface area contributed by atoms with Crippen LogP contribution in [0.3, 0.4) is 0 Å². The molecule has 0 aliphatic heterocycles. The second kappa shape index (κ2) is 9.63. The first-order chi connectivity index (χ1) is 15.8. The van der Waals surface area contributed by atoms with Gasteiger partial charge in [0, 0.05) is 12.7 Å². The minimum absolute atomic E-state index is 0.303. The molecule has 2 aromatic heterocycles. The number of hydrogen-bond donors (Lipinski definition) is 2. The Bertz CT molecular complexity index is 1130. The van der Waals surface area contributed by atoms with Crippen molar-refractivity contribution in [3.63, 3.8) is 0 Å². The predicted octanol–water partition coefficient (Wildman–Crippen LogP) is 4.80. The summed E-state index contributed by atoms with van der Waals surface area (Å²) < 4.78 is 0. The van der Waals surface area contributed by atoms with Crippen LogP contribution in [0.5, 0.6) is 0 Å². The molecule has 0 radical (unpaired) electrons. The molecule has 0 saturated carbocycles. The molecule has 0 fully saturated rings. The van der Waals surface area contributed by atoms with Gasteiger partial charge >= 0.3 is 0 Å². The molecule has 0 saturated heterocycles. The molecule has 2 N–H and O–H groups in total. The number of aryl methyl sites for hydroxylation is 1. The molecule has 1 aliphatic rings. The van der Waals surface area contributed by atoms with Crippen LogP contribution in [-0.4, -0.2) is 33.4 Å². The molecular weight excluding hydrogens is 394 g/mol. The van der Waals surface area contributed by atoms with Crippen molar-refractivity contribution in [3.8, 4) is 0 Å². The summed E-state index contributed by atoms with van der Waals surface area (Å²) in [5.41, 5.74) is 7.45. The van der Waals surface area contributed by atoms with E-state index in [4.69, 9.17) is 9.97 Å². The van der Waals surface area contributed by atoms with Crippen LogP contribution in [-0.2, 0) is 25.9 Å². The van der Waals surface area contributed by atoms with E-state index in [1.807, 2.05) is 19.3 Å². The van der Waals surface area contributed by atoms with Gasteiger partial charge in [-0.1, -0.05) is 42.5 Å². The highest BCUT2D eigenvalue weighted by Crippen LogP contribution is 2.34. The van der Waals surface area contributed by atoms with Gasteiger partial charge in [0.2, 0.25) is 0 Å². The van der Waals surface area contributed by atoms with Crippen molar-refractivity contribution in [2.45, 2.75) is 44.8 Å². The third kappa shape index (κ3) is 4.59. The third-order valence-electron chi connectivity index (χ3n) is 6.47. The highest BCUT2D eigenvalue weighted by Gasteiger charge is 2.28. The topological polar surface area (TPSA) is 56.8 Å². The average molecular weight is 426 g/mol. The molecule has 5 heteroatoms. The number of hydrogen-bond acceptors (Lipinski definition) is 4. The quantitative estimate of drug-likeness (QED) is 0.426. The van der Waals surface area contributed by atoms with Crippen LogP contribution in [0.1, 0.15) is 47.1 Å². The number of nitrogens with one attached hydrogen (secondary N) is 2. The van der Waals surface area contributed by atoms with E-state index in [1.54, 1.807) is 0 Å². The minimum atomic E-state index is 0.303. The van der Waals surface area contributed by atoms with Crippen LogP contribution in [0, 0.1) is 0 Å². The zero-order valence-electron chi connectivity index (χ0n) is 18.7. The SMILES string of the molecule is CNCCc1ccc(CN(Cc2nc3ccccc3[nH]2)C2CCCc3cccnc32)cc1. The molecule has 5 rings (SSSR count). The molecule has 1 unspecified atom stereocenters. The molecule has 32 heavy (non-hydrogen) atoms. The van der Waals surface area contributed by atoms with E-state index in [9.17, 15) is 0 Å². The fraction of sp³-hybridized carbons (Fsp3) is 0.333. The first-order valence-corrected chi connectivity index (χ1v) is 11.6. The Labute approximate surface area is 189 Å². The highest BCUT2D eigenvalue weighted by molar-refractivity contribution is 5.74. The number of rotatable bonds is 8. The Morgan fingerprint density at radius 3 is 2.69 bits per heavy atom. The maximum absolute atomic E-state index is 4.87. The summed E-state index contributed by atoms with van der Waals surface area (Å²) in [6, 6.07) is 21.9. The molecule has 5 nitrogen and oxygen atoms in total. The fourth-order valence-electron chi connectivity index (χ4n) is 4.80. The van der Waals surface area contributed by atoms with Gasteiger partial charge in [-0.3, -0.25) is 9.88 Å². The lowest BCUT2D eigenvalue weighted by molar-refractivity contribution is 0.153. The maximum Gasteiger partial charge on any atom is 0.121 e. The van der Waals surface area contributed by atoms with Gasteiger partial charge in [0.25, 0.3) is 0 Å². The highest BCUT2D eigenvalue weighted by atomic mass is 15.2. The summed E-state index contributed by atoms with van der Waals surface area (Å²) in [6.45, 7) is 2.66. The lowest BCUT2D eigenvalue weighted by Crippen LogP contribution is -2.31. The first kappa shape index (κ1) is 20.9. The summed E-state index contributed by atoms with van der Waals surface area (Å²) in [5, 5.41) is 3.23. The molecule has 0 spiro atoms. The molecule has 4 aromatic rings. The Morgan fingerprint density at radius 1 is 1.00 bits per heavy atom. The lowest BCUT2D eigenvalue weighted by atomic mass is 9.90. The average Bonchev–Trinajstić information content (AvgIpc) is 3.25. The summed E-state index contributed by atoms with van der Waals surface area (Å²) in [7, 11) is 2.00. The zero-order valence-corrected chi connectivity index (χ0v) is 18.7. The lowest BCUT2D eigenvalue weighted by Gasteiger charge is -2.34. The van der Waals surface area contributed by atoms with Gasteiger partial charge in [0.1, 0.15) is 5.82 Å². The standard InChI is InChI=1S/C27H31N5/c1-28-17-15-20-11-13-21(14-12-20)18-32(19-26-30-23-8-2-3-9-24(23)31-26)25-10-4-6-22-7-5-16-29-27(22)25/h2-3,5,7-9,11-14,16,25,28H,4,6,10,15,17-19H2,1H3,(H,30,31). The van der Waals surface area contributed by atoms with Crippen LogP contribution >= 0.6 is 0 Å². The fourth-order valence-corrected chi connectivity index (χ4v) is 4.80. The van der Waals surface area contributed by atoms with E-state index >= 15 is 0 Å². The first-order valence-electron chi connectivity index (χ1n) is 11.6. The van der Waals surface area contributed by atoms with Crippen LogP contribution < -0.4 is 5.32 Å². The molecule has 164 valence electrons. The summed E-state index contributed by atoms with van der Waals surface area (Å²) >= 11 is 0. The monoisotopic (exact) mass is 425 g/mol. The van der Waals surface area contributed by atoms with Gasteiger partial charge in [-0.2, -0.15) is 0 Å². The predicted molar refractivity (Wildman–Crippen MR) is 129 cm³/mol. The number of aromatic amines is 1. The number of pyridine rings is 1. The van der Waals surface area contributed by atoms with Crippen molar-refractivity contribution in [1.29, 1.82) is 0 Å². The van der Waals surface area contributed by atoms with Crippen molar-refractivity contribution in [1.82, 2.24) is 25.2 Å². The van der Waals surface area contributed by atoms with Gasteiger partial charge in [-0.25, -0.2) is 4.98 Å². The molecule has 2 aromatic carbocycles. The maximum atomic E-state index is 4.87. The van der Waals surface area contributed by atoms with E-state index in [1.165, 1.54) is 28.8 Å². The van der Waals surface area contributed by atoms with Gasteiger partial charge in [-0.15, -0.1) is 0 Å². The molecule has 2 heterocycles. The van der Waals surface area contributed by atoms with Crippen LogP contribution in [0.25, 0.3) is 11.0 Å². The Hall–Kier alpha value is -3.02. The van der Waals surface area contributed by atoms with Crippen LogP contribution in [0.2, 0.25) is 0 Å². The molecule has 1 atom stereocenters. The second-order valence-corrected chi connectivity index (χ2v) is 8.73. The van der Waals surface area contributed by atoms with Crippen LogP contribution in [0.4, 0.5) is 0 Å². The molecular formula is C27H31N5. The van der Waals surface area contributed by atoms with E-state index in [0.29, 0.717) is 6.04 Å². The van der Waals surface area contributed by atoms with Gasteiger partial charge in [0.05, 0.1) is 29.3 Å². The summed E-state index contributed by atoms with van der Waals surface area (Å²) in [6.07, 6.45) is 6.44. The van der Waals surface area contributed by atoms with Gasteiger partial charge in [0.15, 0.2) is 0 Å². The summed E-state index contributed by atoms with van der Waals surface area (Å²) in [5.74, 6) is 1.01. The van der Waals surface area contributed by atoms with Crippen molar-refractivity contribution < 1.29 is 0 Å². The second-order valence-electron chi connectivity index (χ2n) is 8.73. The number of fused-ring (bicyclic) bond motifs is 2. The van der Waals surface area contributed by atoms with E-state index in [0.717, 1.165) is 55.8 Å². The number of benzene rings is 2. The smallest absolute Gasteiger partial charge is 0.121 e. The number of para-hydroxylation sites is 2. The largest absolute Gasteiger partial charge is 0.341 e. The van der Waals surface area contributed by atoms with Crippen LogP contribution in [0.15, 0.2) is 66.9 Å². The number of aromatic nitrogens is 3. The van der Waals surface area contributed by atoms with Crippen molar-refractivity contribution >= 4 is 11.0 Å².